The molecule has 0 unspecified atom stereocenters. The normalized spacial score (nSPS) is 13.2. The van der Waals surface area contributed by atoms with E-state index in [1.807, 2.05) is 0 Å². The zero-order valence-electron chi connectivity index (χ0n) is 17.6. The van der Waals surface area contributed by atoms with Crippen molar-refractivity contribution < 1.29 is 33.0 Å². The van der Waals surface area contributed by atoms with Gasteiger partial charge < -0.3 is 14.7 Å². The molecule has 4 rings (SSSR count). The summed E-state index contributed by atoms with van der Waals surface area (Å²) in [5.41, 5.74) is 0.612. The second-order valence-electron chi connectivity index (χ2n) is 7.41. The number of rotatable bonds is 6. The number of hydrogen-bond acceptors (Lipinski definition) is 6. The van der Waals surface area contributed by atoms with Gasteiger partial charge in [0.2, 0.25) is 5.91 Å². The van der Waals surface area contributed by atoms with Crippen molar-refractivity contribution in [2.24, 2.45) is 0 Å². The topological polar surface area (TPSA) is 87.2 Å². The van der Waals surface area contributed by atoms with Crippen LogP contribution in [0.3, 0.4) is 0 Å². The number of nitrogens with zero attached hydrogens (tertiary/aromatic N) is 2. The van der Waals surface area contributed by atoms with Crippen LogP contribution in [0.1, 0.15) is 31.2 Å². The fraction of sp³-hybridized carbons (Fsp3) is 0.174. The maximum atomic E-state index is 14.8. The standard InChI is InChI=1S/C23H18F2N2O5S/c1-26(20-15(25)4-3-5-17(20)32-2)10-12-6-7-14(24)16(8-12)27-18(28)9-13-11-33-21(23(30)31)19(13)22(27)29/h3-8,11H,9-10H2,1-2H3,(H,30,31). The summed E-state index contributed by atoms with van der Waals surface area (Å²) in [6, 6.07) is 8.30. The highest BCUT2D eigenvalue weighted by molar-refractivity contribution is 7.12. The van der Waals surface area contributed by atoms with Crippen LogP contribution in [-0.4, -0.2) is 37.0 Å². The highest BCUT2D eigenvalue weighted by Gasteiger charge is 2.38. The van der Waals surface area contributed by atoms with Crippen molar-refractivity contribution in [3.05, 3.63) is 75.0 Å². The van der Waals surface area contributed by atoms with Crippen LogP contribution in [0.25, 0.3) is 0 Å². The minimum Gasteiger partial charge on any atom is -0.494 e. The summed E-state index contributed by atoms with van der Waals surface area (Å²) >= 11 is 0.848. The quantitative estimate of drug-likeness (QED) is 0.544. The number of halogens is 2. The van der Waals surface area contributed by atoms with Gasteiger partial charge in [0, 0.05) is 13.6 Å². The molecule has 10 heteroatoms. The molecule has 7 nitrogen and oxygen atoms in total. The maximum absolute atomic E-state index is 14.8. The molecule has 0 saturated heterocycles. The lowest BCUT2D eigenvalue weighted by atomic mass is 10.00. The molecule has 0 atom stereocenters. The fourth-order valence-corrected chi connectivity index (χ4v) is 4.74. The Morgan fingerprint density at radius 3 is 2.67 bits per heavy atom. The van der Waals surface area contributed by atoms with E-state index in [1.165, 1.54) is 36.8 Å². The third-order valence-electron chi connectivity index (χ3n) is 5.29. The second kappa shape index (κ2) is 8.62. The van der Waals surface area contributed by atoms with Crippen LogP contribution in [-0.2, 0) is 17.8 Å². The Hall–Kier alpha value is -3.79. The number of amides is 2. The smallest absolute Gasteiger partial charge is 0.346 e. The number of carbonyl (C=O) groups is 3. The molecule has 0 bridgehead atoms. The van der Waals surface area contributed by atoms with E-state index in [9.17, 15) is 28.3 Å². The minimum absolute atomic E-state index is 0.106. The van der Waals surface area contributed by atoms with Crippen LogP contribution in [0.15, 0.2) is 41.8 Å². The lowest BCUT2D eigenvalue weighted by molar-refractivity contribution is -0.117. The molecule has 0 saturated carbocycles. The van der Waals surface area contributed by atoms with Crippen molar-refractivity contribution in [1.82, 2.24) is 0 Å². The molecule has 2 amide bonds. The summed E-state index contributed by atoms with van der Waals surface area (Å²) < 4.78 is 34.4. The molecule has 1 aromatic heterocycles. The van der Waals surface area contributed by atoms with Gasteiger partial charge in [-0.15, -0.1) is 11.3 Å². The van der Waals surface area contributed by atoms with Gasteiger partial charge >= 0.3 is 5.97 Å². The molecule has 1 aliphatic heterocycles. The second-order valence-corrected chi connectivity index (χ2v) is 8.29. The van der Waals surface area contributed by atoms with Crippen molar-refractivity contribution in [3.8, 4) is 5.75 Å². The molecule has 0 spiro atoms. The summed E-state index contributed by atoms with van der Waals surface area (Å²) in [6.45, 7) is 0.116. The Bertz CT molecular complexity index is 1290. The Labute approximate surface area is 191 Å². The number of carboxylic acid groups (broad SMARTS) is 1. The van der Waals surface area contributed by atoms with Crippen molar-refractivity contribution in [1.29, 1.82) is 0 Å². The number of thiophene rings is 1. The maximum Gasteiger partial charge on any atom is 0.346 e. The van der Waals surface area contributed by atoms with Gasteiger partial charge in [-0.25, -0.2) is 18.5 Å². The first-order valence-corrected chi connectivity index (χ1v) is 10.6. The van der Waals surface area contributed by atoms with Crippen LogP contribution in [0.4, 0.5) is 20.2 Å². The number of methoxy groups -OCH3 is 1. The summed E-state index contributed by atoms with van der Waals surface area (Å²) in [4.78, 5) is 39.3. The highest BCUT2D eigenvalue weighted by Crippen LogP contribution is 2.35. The number of hydrogen-bond donors (Lipinski definition) is 1. The van der Waals surface area contributed by atoms with E-state index in [-0.39, 0.29) is 34.8 Å². The van der Waals surface area contributed by atoms with Gasteiger partial charge in [0.05, 0.1) is 24.8 Å². The number of benzene rings is 2. The molecule has 2 aromatic carbocycles. The van der Waals surface area contributed by atoms with Crippen molar-refractivity contribution in [2.45, 2.75) is 13.0 Å². The summed E-state index contributed by atoms with van der Waals surface area (Å²) in [6.07, 6.45) is -0.221. The van der Waals surface area contributed by atoms with Crippen LogP contribution in [0, 0.1) is 11.6 Å². The van der Waals surface area contributed by atoms with E-state index in [1.54, 1.807) is 18.0 Å². The molecule has 1 N–H and O–H groups in total. The molecule has 1 aliphatic rings. The zero-order chi connectivity index (χ0) is 23.9. The number of carboxylic acids is 1. The van der Waals surface area contributed by atoms with E-state index < -0.39 is 29.4 Å². The predicted molar refractivity (Wildman–Crippen MR) is 118 cm³/mol. The predicted octanol–water partition coefficient (Wildman–Crippen LogP) is 4.10. The third kappa shape index (κ3) is 3.93. The van der Waals surface area contributed by atoms with Crippen LogP contribution < -0.4 is 14.5 Å². The van der Waals surface area contributed by atoms with E-state index in [2.05, 4.69) is 0 Å². The lowest BCUT2D eigenvalue weighted by Gasteiger charge is -2.27. The van der Waals surface area contributed by atoms with Gasteiger partial charge in [-0.1, -0.05) is 12.1 Å². The molecule has 33 heavy (non-hydrogen) atoms. The minimum atomic E-state index is -1.29. The van der Waals surface area contributed by atoms with Gasteiger partial charge in [-0.3, -0.25) is 9.59 Å². The van der Waals surface area contributed by atoms with Crippen molar-refractivity contribution in [2.75, 3.05) is 24.0 Å². The number of imide groups is 1. The van der Waals surface area contributed by atoms with Gasteiger partial charge in [-0.05, 0) is 40.8 Å². The Morgan fingerprint density at radius 1 is 1.21 bits per heavy atom. The molecule has 0 aliphatic carbocycles. The molecular weight excluding hydrogens is 454 g/mol. The monoisotopic (exact) mass is 472 g/mol. The molecular formula is C23H18F2N2O5S. The summed E-state index contributed by atoms with van der Waals surface area (Å²) in [5, 5.41) is 10.8. The number of ether oxygens (including phenoxy) is 1. The van der Waals surface area contributed by atoms with E-state index >= 15 is 0 Å². The molecule has 170 valence electrons. The number of para-hydroxylation sites is 1. The van der Waals surface area contributed by atoms with E-state index in [4.69, 9.17) is 4.74 Å². The van der Waals surface area contributed by atoms with Gasteiger partial charge in [-0.2, -0.15) is 0 Å². The third-order valence-corrected chi connectivity index (χ3v) is 6.31. The zero-order valence-corrected chi connectivity index (χ0v) is 18.4. The van der Waals surface area contributed by atoms with Crippen LogP contribution in [0.5, 0.6) is 5.75 Å². The lowest BCUT2D eigenvalue weighted by Crippen LogP contribution is -2.43. The number of fused-ring (bicyclic) bond motifs is 1. The first-order valence-electron chi connectivity index (χ1n) is 9.76. The number of aromatic carboxylic acids is 1. The number of carbonyl (C=O) groups excluding carboxylic acids is 2. The summed E-state index contributed by atoms with van der Waals surface area (Å²) in [5.74, 6) is -3.86. The van der Waals surface area contributed by atoms with E-state index in [0.717, 1.165) is 17.4 Å². The van der Waals surface area contributed by atoms with E-state index in [0.29, 0.717) is 21.8 Å². The first-order chi connectivity index (χ1) is 15.7. The largest absolute Gasteiger partial charge is 0.494 e. The SMILES string of the molecule is COc1cccc(F)c1N(C)Cc1ccc(F)c(N2C(=O)Cc3csc(C(=O)O)c3C2=O)c1. The van der Waals surface area contributed by atoms with Gasteiger partial charge in [0.15, 0.2) is 0 Å². The Balaban J connectivity index is 1.70. The molecule has 3 aromatic rings. The molecule has 2 heterocycles. The molecule has 0 radical (unpaired) electrons. The highest BCUT2D eigenvalue weighted by atomic mass is 32.1. The van der Waals surface area contributed by atoms with Crippen molar-refractivity contribution in [3.63, 3.8) is 0 Å². The Kier molecular flexibility index (Phi) is 5.86. The average molecular weight is 472 g/mol. The summed E-state index contributed by atoms with van der Waals surface area (Å²) in [7, 11) is 3.04. The van der Waals surface area contributed by atoms with Crippen molar-refractivity contribution >= 4 is 40.5 Å². The average Bonchev–Trinajstić information content (AvgIpc) is 3.19. The fourth-order valence-electron chi connectivity index (χ4n) is 3.84. The Morgan fingerprint density at radius 2 is 1.97 bits per heavy atom. The van der Waals surface area contributed by atoms with Crippen LogP contribution >= 0.6 is 11.3 Å². The number of anilines is 2. The van der Waals surface area contributed by atoms with Crippen LogP contribution in [0.2, 0.25) is 0 Å². The molecule has 0 fully saturated rings. The van der Waals surface area contributed by atoms with Gasteiger partial charge in [0.25, 0.3) is 5.91 Å². The first kappa shape index (κ1) is 22.4. The van der Waals surface area contributed by atoms with Gasteiger partial charge in [0.1, 0.15) is 27.9 Å².